The Hall–Kier alpha value is -2.31. The summed E-state index contributed by atoms with van der Waals surface area (Å²) in [5, 5.41) is 8.71. The van der Waals surface area contributed by atoms with Gasteiger partial charge in [0.2, 0.25) is 0 Å². The van der Waals surface area contributed by atoms with Gasteiger partial charge in [0, 0.05) is 12.2 Å². The van der Waals surface area contributed by atoms with Crippen molar-refractivity contribution in [3.8, 4) is 5.75 Å². The third-order valence-electron chi connectivity index (χ3n) is 3.21. The molecule has 0 bridgehead atoms. The van der Waals surface area contributed by atoms with Crippen LogP contribution in [0.25, 0.3) is 0 Å². The highest BCUT2D eigenvalue weighted by Crippen LogP contribution is 2.18. The SMILES string of the molecule is CCOC(=O)COc1ccc(CC(=N)SCc2ccccc2)cc1.N. The van der Waals surface area contributed by atoms with Crippen LogP contribution in [0.15, 0.2) is 54.6 Å². The summed E-state index contributed by atoms with van der Waals surface area (Å²) in [6.07, 6.45) is 0.593. The number of benzene rings is 2. The summed E-state index contributed by atoms with van der Waals surface area (Å²) in [6.45, 7) is 2.03. The highest BCUT2D eigenvalue weighted by Gasteiger charge is 2.05. The topological polar surface area (TPSA) is 94.4 Å². The summed E-state index contributed by atoms with van der Waals surface area (Å²) in [7, 11) is 0. The molecule has 0 fully saturated rings. The third-order valence-corrected chi connectivity index (χ3v) is 4.18. The first-order valence-corrected chi connectivity index (χ1v) is 8.77. The van der Waals surface area contributed by atoms with Gasteiger partial charge in [-0.15, -0.1) is 11.8 Å². The van der Waals surface area contributed by atoms with Crippen LogP contribution in [-0.2, 0) is 21.7 Å². The van der Waals surface area contributed by atoms with E-state index in [1.54, 1.807) is 6.92 Å². The number of hydrogen-bond acceptors (Lipinski definition) is 6. The van der Waals surface area contributed by atoms with Gasteiger partial charge in [0.15, 0.2) is 6.61 Å². The standard InChI is InChI=1S/C19H21NO3S.H3N/c1-2-22-19(21)13-23-17-10-8-15(9-11-17)12-18(20)24-14-16-6-4-3-5-7-16;/h3-11,20H,2,12-14H2,1H3;1H3. The fourth-order valence-electron chi connectivity index (χ4n) is 2.03. The zero-order valence-corrected chi connectivity index (χ0v) is 15.2. The molecule has 0 radical (unpaired) electrons. The predicted molar refractivity (Wildman–Crippen MR) is 103 cm³/mol. The summed E-state index contributed by atoms with van der Waals surface area (Å²) < 4.78 is 10.2. The maximum atomic E-state index is 11.2. The van der Waals surface area contributed by atoms with E-state index in [9.17, 15) is 4.79 Å². The smallest absolute Gasteiger partial charge is 0.344 e. The number of esters is 1. The highest BCUT2D eigenvalue weighted by molar-refractivity contribution is 8.13. The van der Waals surface area contributed by atoms with Crippen LogP contribution in [0.2, 0.25) is 0 Å². The van der Waals surface area contributed by atoms with Gasteiger partial charge >= 0.3 is 5.97 Å². The average Bonchev–Trinajstić information content (AvgIpc) is 2.60. The maximum absolute atomic E-state index is 11.2. The van der Waals surface area contributed by atoms with Crippen molar-refractivity contribution < 1.29 is 14.3 Å². The van der Waals surface area contributed by atoms with Crippen LogP contribution >= 0.6 is 11.8 Å². The Morgan fingerprint density at radius 1 is 1.04 bits per heavy atom. The van der Waals surface area contributed by atoms with Gasteiger partial charge in [-0.3, -0.25) is 5.41 Å². The first-order valence-electron chi connectivity index (χ1n) is 7.79. The lowest BCUT2D eigenvalue weighted by molar-refractivity contribution is -0.145. The molecule has 0 unspecified atom stereocenters. The number of nitrogens with one attached hydrogen (secondary N) is 1. The van der Waals surface area contributed by atoms with Crippen LogP contribution in [0.4, 0.5) is 0 Å². The zero-order chi connectivity index (χ0) is 17.2. The van der Waals surface area contributed by atoms with Crippen LogP contribution in [0.1, 0.15) is 18.1 Å². The van der Waals surface area contributed by atoms with Gasteiger partial charge in [-0.1, -0.05) is 42.5 Å². The molecule has 0 spiro atoms. The second-order valence-electron chi connectivity index (χ2n) is 5.11. The van der Waals surface area contributed by atoms with Gasteiger partial charge in [-0.05, 0) is 30.2 Å². The number of thioether (sulfide) groups is 1. The Balaban J connectivity index is 0.00000312. The van der Waals surface area contributed by atoms with E-state index in [0.29, 0.717) is 23.8 Å². The van der Waals surface area contributed by atoms with Crippen LogP contribution in [0.5, 0.6) is 5.75 Å². The van der Waals surface area contributed by atoms with Gasteiger partial charge in [0.1, 0.15) is 5.75 Å². The lowest BCUT2D eigenvalue weighted by Crippen LogP contribution is -2.14. The van der Waals surface area contributed by atoms with Gasteiger partial charge in [0.25, 0.3) is 0 Å². The van der Waals surface area contributed by atoms with Crippen LogP contribution in [0.3, 0.4) is 0 Å². The molecule has 5 nitrogen and oxygen atoms in total. The molecule has 2 aromatic rings. The molecule has 134 valence electrons. The fourth-order valence-corrected chi connectivity index (χ4v) is 2.83. The maximum Gasteiger partial charge on any atom is 0.344 e. The van der Waals surface area contributed by atoms with Crippen LogP contribution in [-0.4, -0.2) is 24.2 Å². The Morgan fingerprint density at radius 2 is 1.72 bits per heavy atom. The molecule has 0 aliphatic rings. The van der Waals surface area contributed by atoms with Crippen molar-refractivity contribution in [1.82, 2.24) is 6.15 Å². The summed E-state index contributed by atoms with van der Waals surface area (Å²) >= 11 is 1.54. The van der Waals surface area contributed by atoms with Crippen molar-refractivity contribution in [2.75, 3.05) is 13.2 Å². The minimum Gasteiger partial charge on any atom is -0.482 e. The highest BCUT2D eigenvalue weighted by atomic mass is 32.2. The number of carbonyl (C=O) groups is 1. The summed E-state index contributed by atoms with van der Waals surface area (Å²) in [5.41, 5.74) is 2.26. The third kappa shape index (κ3) is 7.87. The van der Waals surface area contributed by atoms with Gasteiger partial charge < -0.3 is 15.6 Å². The number of carbonyl (C=O) groups excluding carboxylic acids is 1. The molecule has 2 rings (SSSR count). The van der Waals surface area contributed by atoms with Crippen molar-refractivity contribution in [2.45, 2.75) is 19.1 Å². The van der Waals surface area contributed by atoms with Gasteiger partial charge in [0.05, 0.1) is 11.7 Å². The minimum atomic E-state index is -0.374. The van der Waals surface area contributed by atoms with Gasteiger partial charge in [-0.2, -0.15) is 0 Å². The Kier molecular flexibility index (Phi) is 9.36. The van der Waals surface area contributed by atoms with Crippen molar-refractivity contribution >= 4 is 22.8 Å². The molecule has 0 atom stereocenters. The molecule has 2 aromatic carbocycles. The largest absolute Gasteiger partial charge is 0.482 e. The molecule has 6 heteroatoms. The number of hydrogen-bond donors (Lipinski definition) is 2. The lowest BCUT2D eigenvalue weighted by atomic mass is 10.1. The molecular weight excluding hydrogens is 336 g/mol. The van der Waals surface area contributed by atoms with Crippen molar-refractivity contribution in [1.29, 1.82) is 5.41 Å². The molecule has 0 aromatic heterocycles. The Labute approximate surface area is 152 Å². The van der Waals surface area contributed by atoms with Gasteiger partial charge in [-0.25, -0.2) is 4.79 Å². The van der Waals surface area contributed by atoms with E-state index >= 15 is 0 Å². The van der Waals surface area contributed by atoms with Crippen molar-refractivity contribution in [3.63, 3.8) is 0 Å². The molecule has 25 heavy (non-hydrogen) atoms. The average molecular weight is 360 g/mol. The molecule has 0 heterocycles. The first-order chi connectivity index (χ1) is 11.7. The monoisotopic (exact) mass is 360 g/mol. The zero-order valence-electron chi connectivity index (χ0n) is 14.4. The van der Waals surface area contributed by atoms with E-state index in [4.69, 9.17) is 14.9 Å². The summed E-state index contributed by atoms with van der Waals surface area (Å²) in [6, 6.07) is 17.6. The second kappa shape index (κ2) is 11.3. The molecule has 0 aliphatic carbocycles. The van der Waals surface area contributed by atoms with E-state index in [1.165, 1.54) is 17.3 Å². The molecule has 0 saturated heterocycles. The van der Waals surface area contributed by atoms with E-state index in [-0.39, 0.29) is 18.7 Å². The fraction of sp³-hybridized carbons (Fsp3) is 0.263. The molecule has 0 amide bonds. The Morgan fingerprint density at radius 3 is 2.36 bits per heavy atom. The molecule has 0 saturated carbocycles. The molecular formula is C19H24N2O3S. The minimum absolute atomic E-state index is 0. The number of ether oxygens (including phenoxy) is 2. The quantitative estimate of drug-likeness (QED) is 0.417. The Bertz CT molecular complexity index is 660. The van der Waals surface area contributed by atoms with E-state index in [2.05, 4.69) is 12.1 Å². The van der Waals surface area contributed by atoms with E-state index in [1.807, 2.05) is 42.5 Å². The van der Waals surface area contributed by atoms with Crippen molar-refractivity contribution in [3.05, 3.63) is 65.7 Å². The lowest BCUT2D eigenvalue weighted by Gasteiger charge is -2.07. The summed E-state index contributed by atoms with van der Waals surface area (Å²) in [4.78, 5) is 11.2. The van der Waals surface area contributed by atoms with E-state index in [0.717, 1.165) is 11.3 Å². The van der Waals surface area contributed by atoms with E-state index < -0.39 is 0 Å². The number of rotatable bonds is 8. The molecule has 4 N–H and O–H groups in total. The second-order valence-corrected chi connectivity index (χ2v) is 6.18. The molecule has 0 aliphatic heterocycles. The normalized spacial score (nSPS) is 9.80. The summed E-state index contributed by atoms with van der Waals surface area (Å²) in [5.74, 6) is 1.05. The first kappa shape index (κ1) is 20.7. The van der Waals surface area contributed by atoms with Crippen LogP contribution in [0, 0.1) is 5.41 Å². The predicted octanol–water partition coefficient (Wildman–Crippen LogP) is 4.24. The van der Waals surface area contributed by atoms with Crippen LogP contribution < -0.4 is 10.9 Å². The van der Waals surface area contributed by atoms with Crippen molar-refractivity contribution in [2.24, 2.45) is 0 Å².